The molecule has 24 heavy (non-hydrogen) atoms. The molecule has 1 unspecified atom stereocenters. The Bertz CT molecular complexity index is 498. The minimum Gasteiger partial charge on any atom is -0.467 e. The highest BCUT2D eigenvalue weighted by atomic mass is 16.6. The molecule has 1 saturated heterocycles. The van der Waals surface area contributed by atoms with Crippen LogP contribution in [0.1, 0.15) is 66.7 Å². The van der Waals surface area contributed by atoms with Crippen LogP contribution in [0.25, 0.3) is 0 Å². The van der Waals surface area contributed by atoms with E-state index in [0.717, 1.165) is 25.7 Å². The first-order chi connectivity index (χ1) is 11.2. The standard InChI is InChI=1S/C18H30N2O4/c1-7-9-18(10-8-2)11-13(15(21)23-6)20(14(18)12-19)16(22)24-17(3,4)5/h13-14H,7-11H2,1-6H3/t13-,14?/m0/s1. The molecule has 0 aromatic heterocycles. The Morgan fingerprint density at radius 3 is 2.17 bits per heavy atom. The van der Waals surface area contributed by atoms with E-state index in [-0.39, 0.29) is 0 Å². The summed E-state index contributed by atoms with van der Waals surface area (Å²) in [6.45, 7) is 9.40. The summed E-state index contributed by atoms with van der Waals surface area (Å²) in [5.74, 6) is -0.491. The molecule has 6 nitrogen and oxygen atoms in total. The van der Waals surface area contributed by atoms with Crippen molar-refractivity contribution in [3.05, 3.63) is 0 Å². The van der Waals surface area contributed by atoms with Gasteiger partial charge in [-0.1, -0.05) is 26.7 Å². The van der Waals surface area contributed by atoms with Crippen LogP contribution in [0.3, 0.4) is 0 Å². The van der Waals surface area contributed by atoms with Crippen LogP contribution in [0.4, 0.5) is 4.79 Å². The van der Waals surface area contributed by atoms with Crippen LogP contribution in [0.5, 0.6) is 0 Å². The lowest BCUT2D eigenvalue weighted by molar-refractivity contribution is -0.146. The summed E-state index contributed by atoms with van der Waals surface area (Å²) in [6, 6.07) is 0.813. The molecule has 0 aromatic carbocycles. The topological polar surface area (TPSA) is 79.6 Å². The Balaban J connectivity index is 3.30. The fourth-order valence-electron chi connectivity index (χ4n) is 3.75. The predicted molar refractivity (Wildman–Crippen MR) is 90.1 cm³/mol. The van der Waals surface area contributed by atoms with Crippen LogP contribution in [-0.4, -0.2) is 41.8 Å². The van der Waals surface area contributed by atoms with Gasteiger partial charge in [-0.25, -0.2) is 9.59 Å². The fourth-order valence-corrected chi connectivity index (χ4v) is 3.75. The van der Waals surface area contributed by atoms with Gasteiger partial charge in [0.1, 0.15) is 17.7 Å². The first-order valence-corrected chi connectivity index (χ1v) is 8.64. The molecule has 1 heterocycles. The van der Waals surface area contributed by atoms with Gasteiger partial charge in [0, 0.05) is 5.41 Å². The number of nitrogens with zero attached hydrogens (tertiary/aromatic N) is 2. The molecule has 6 heteroatoms. The van der Waals surface area contributed by atoms with Crippen molar-refractivity contribution in [2.45, 2.75) is 84.4 Å². The Morgan fingerprint density at radius 2 is 1.79 bits per heavy atom. The van der Waals surface area contributed by atoms with Gasteiger partial charge in [-0.15, -0.1) is 0 Å². The number of carbonyl (C=O) groups is 2. The number of nitriles is 1. The number of esters is 1. The molecular formula is C18H30N2O4. The molecule has 0 aliphatic carbocycles. The maximum absolute atomic E-state index is 12.7. The van der Waals surface area contributed by atoms with E-state index in [1.165, 1.54) is 12.0 Å². The molecule has 1 aliphatic rings. The van der Waals surface area contributed by atoms with Gasteiger partial charge in [0.2, 0.25) is 0 Å². The summed E-state index contributed by atoms with van der Waals surface area (Å²) in [5.41, 5.74) is -1.09. The Kier molecular flexibility index (Phi) is 6.65. The van der Waals surface area contributed by atoms with E-state index in [1.807, 2.05) is 0 Å². The normalized spacial score (nSPS) is 22.8. The van der Waals surface area contributed by atoms with Gasteiger partial charge < -0.3 is 9.47 Å². The highest BCUT2D eigenvalue weighted by molar-refractivity contribution is 5.83. The number of hydrogen-bond acceptors (Lipinski definition) is 5. The number of carbonyl (C=O) groups excluding carboxylic acids is 2. The summed E-state index contributed by atoms with van der Waals surface area (Å²) < 4.78 is 10.3. The second-order valence-electron chi connectivity index (χ2n) is 7.52. The smallest absolute Gasteiger partial charge is 0.412 e. The van der Waals surface area contributed by atoms with Crippen LogP contribution < -0.4 is 0 Å². The lowest BCUT2D eigenvalue weighted by atomic mass is 9.72. The lowest BCUT2D eigenvalue weighted by Crippen LogP contribution is -2.49. The third kappa shape index (κ3) is 4.19. The Hall–Kier alpha value is -1.77. The van der Waals surface area contributed by atoms with E-state index >= 15 is 0 Å². The third-order valence-corrected chi connectivity index (χ3v) is 4.49. The number of hydrogen-bond donors (Lipinski definition) is 0. The van der Waals surface area contributed by atoms with E-state index in [0.29, 0.717) is 6.42 Å². The summed E-state index contributed by atoms with van der Waals surface area (Å²) >= 11 is 0. The van der Waals surface area contributed by atoms with Crippen molar-refractivity contribution in [2.24, 2.45) is 5.41 Å². The number of methoxy groups -OCH3 is 1. The molecule has 1 amide bonds. The van der Waals surface area contributed by atoms with Crippen molar-refractivity contribution >= 4 is 12.1 Å². The number of likely N-dealkylation sites (tertiary alicyclic amines) is 1. The molecule has 1 rings (SSSR count). The van der Waals surface area contributed by atoms with Gasteiger partial charge in [-0.3, -0.25) is 4.90 Å². The molecule has 0 aromatic rings. The molecule has 0 N–H and O–H groups in total. The monoisotopic (exact) mass is 338 g/mol. The third-order valence-electron chi connectivity index (χ3n) is 4.49. The van der Waals surface area contributed by atoms with Crippen molar-refractivity contribution in [3.63, 3.8) is 0 Å². The van der Waals surface area contributed by atoms with Gasteiger partial charge in [0.25, 0.3) is 0 Å². The zero-order valence-corrected chi connectivity index (χ0v) is 15.7. The van der Waals surface area contributed by atoms with Crippen LogP contribution in [0.2, 0.25) is 0 Å². The fraction of sp³-hybridized carbons (Fsp3) is 0.833. The zero-order valence-electron chi connectivity index (χ0n) is 15.7. The highest BCUT2D eigenvalue weighted by Gasteiger charge is 2.56. The average molecular weight is 338 g/mol. The summed E-state index contributed by atoms with van der Waals surface area (Å²) in [4.78, 5) is 26.3. The van der Waals surface area contributed by atoms with Crippen molar-refractivity contribution in [1.82, 2.24) is 4.90 Å². The van der Waals surface area contributed by atoms with E-state index in [1.54, 1.807) is 20.8 Å². The average Bonchev–Trinajstić information content (AvgIpc) is 2.79. The largest absolute Gasteiger partial charge is 0.467 e. The summed E-state index contributed by atoms with van der Waals surface area (Å²) in [5, 5.41) is 9.79. The SMILES string of the molecule is CCCC1(CCC)C[C@@H](C(=O)OC)N(C(=O)OC(C)(C)C)C1C#N. The molecule has 2 atom stereocenters. The van der Waals surface area contributed by atoms with Crippen LogP contribution in [0.15, 0.2) is 0 Å². The molecular weight excluding hydrogens is 308 g/mol. The summed E-state index contributed by atoms with van der Waals surface area (Å²) in [7, 11) is 1.30. The van der Waals surface area contributed by atoms with Gasteiger partial charge in [-0.05, 0) is 40.0 Å². The second-order valence-corrected chi connectivity index (χ2v) is 7.52. The Morgan fingerprint density at radius 1 is 1.25 bits per heavy atom. The van der Waals surface area contributed by atoms with Crippen molar-refractivity contribution in [3.8, 4) is 6.07 Å². The first-order valence-electron chi connectivity index (χ1n) is 8.64. The zero-order chi connectivity index (χ0) is 18.5. The first kappa shape index (κ1) is 20.3. The minimum absolute atomic E-state index is 0.395. The maximum atomic E-state index is 12.7. The number of rotatable bonds is 5. The minimum atomic E-state index is -0.771. The molecule has 1 aliphatic heterocycles. The number of ether oxygens (including phenoxy) is 2. The predicted octanol–water partition coefficient (Wildman–Crippen LogP) is 3.65. The molecule has 136 valence electrons. The van der Waals surface area contributed by atoms with E-state index in [4.69, 9.17) is 9.47 Å². The molecule has 0 bridgehead atoms. The van der Waals surface area contributed by atoms with Gasteiger partial charge in [0.05, 0.1) is 13.2 Å². The number of amides is 1. The molecule has 0 radical (unpaired) electrons. The van der Waals surface area contributed by atoms with Crippen molar-refractivity contribution in [1.29, 1.82) is 5.26 Å². The van der Waals surface area contributed by atoms with E-state index < -0.39 is 35.2 Å². The van der Waals surface area contributed by atoms with Crippen LogP contribution in [0, 0.1) is 16.7 Å². The maximum Gasteiger partial charge on any atom is 0.412 e. The van der Waals surface area contributed by atoms with E-state index in [9.17, 15) is 14.9 Å². The Labute approximate surface area is 145 Å². The van der Waals surface area contributed by atoms with Gasteiger partial charge in [-0.2, -0.15) is 5.26 Å². The molecule has 1 fully saturated rings. The van der Waals surface area contributed by atoms with Crippen LogP contribution >= 0.6 is 0 Å². The molecule has 0 spiro atoms. The van der Waals surface area contributed by atoms with Crippen molar-refractivity contribution in [2.75, 3.05) is 7.11 Å². The lowest BCUT2D eigenvalue weighted by Gasteiger charge is -2.34. The highest BCUT2D eigenvalue weighted by Crippen LogP contribution is 2.48. The second kappa shape index (κ2) is 7.87. The van der Waals surface area contributed by atoms with Crippen molar-refractivity contribution < 1.29 is 19.1 Å². The quantitative estimate of drug-likeness (QED) is 0.715. The molecule has 0 saturated carbocycles. The van der Waals surface area contributed by atoms with Crippen LogP contribution in [-0.2, 0) is 14.3 Å². The van der Waals surface area contributed by atoms with Gasteiger partial charge in [0.15, 0.2) is 0 Å². The summed E-state index contributed by atoms with van der Waals surface area (Å²) in [6.07, 6.45) is 3.15. The van der Waals surface area contributed by atoms with E-state index in [2.05, 4.69) is 19.9 Å². The van der Waals surface area contributed by atoms with Gasteiger partial charge >= 0.3 is 12.1 Å².